The van der Waals surface area contributed by atoms with Crippen LogP contribution in [0.3, 0.4) is 0 Å². The van der Waals surface area contributed by atoms with Gasteiger partial charge in [0.1, 0.15) is 6.54 Å². The maximum absolute atomic E-state index is 13.4. The van der Waals surface area contributed by atoms with Crippen LogP contribution in [0.25, 0.3) is 33.9 Å². The zero-order valence-electron chi connectivity index (χ0n) is 19.3. The number of aromatic nitrogens is 5. The molecule has 9 heteroatoms. The van der Waals surface area contributed by atoms with Gasteiger partial charge in [0.2, 0.25) is 5.78 Å². The van der Waals surface area contributed by atoms with E-state index in [0.717, 1.165) is 32.6 Å². The predicted molar refractivity (Wildman–Crippen MR) is 128 cm³/mol. The SMILES string of the molecule is COC(=O)Cn1c(=O)c2c(nc3n(-c4cc(C)cc(C)c4)c(-c4ccccc4)cn23)n(C)c1=O. The molecule has 0 aliphatic rings. The number of fused-ring (bicyclic) bond motifs is 3. The summed E-state index contributed by atoms with van der Waals surface area (Å²) in [5.74, 6) is -0.195. The van der Waals surface area contributed by atoms with Crippen molar-refractivity contribution >= 4 is 22.9 Å². The highest BCUT2D eigenvalue weighted by Gasteiger charge is 2.23. The van der Waals surface area contributed by atoms with E-state index >= 15 is 0 Å². The molecular formula is C25H23N5O4. The third-order valence-electron chi connectivity index (χ3n) is 5.90. The number of rotatable bonds is 4. The highest BCUT2D eigenvalue weighted by Crippen LogP contribution is 2.29. The van der Waals surface area contributed by atoms with Gasteiger partial charge >= 0.3 is 11.7 Å². The summed E-state index contributed by atoms with van der Waals surface area (Å²) in [6.07, 6.45) is 1.84. The van der Waals surface area contributed by atoms with Crippen molar-refractivity contribution in [2.24, 2.45) is 7.05 Å². The zero-order valence-corrected chi connectivity index (χ0v) is 19.3. The van der Waals surface area contributed by atoms with Crippen molar-refractivity contribution in [1.29, 1.82) is 0 Å². The van der Waals surface area contributed by atoms with Gasteiger partial charge in [-0.3, -0.25) is 23.1 Å². The number of aryl methyl sites for hydroxylation is 3. The van der Waals surface area contributed by atoms with Gasteiger partial charge in [0.05, 0.1) is 12.8 Å². The Balaban J connectivity index is 1.92. The highest BCUT2D eigenvalue weighted by molar-refractivity contribution is 5.80. The molecule has 0 fully saturated rings. The van der Waals surface area contributed by atoms with E-state index in [-0.39, 0.29) is 11.2 Å². The number of carbonyl (C=O) groups is 1. The van der Waals surface area contributed by atoms with Crippen molar-refractivity contribution < 1.29 is 9.53 Å². The summed E-state index contributed by atoms with van der Waals surface area (Å²) in [4.78, 5) is 42.8. The minimum Gasteiger partial charge on any atom is -0.468 e. The molecule has 3 heterocycles. The monoisotopic (exact) mass is 457 g/mol. The number of hydrogen-bond donors (Lipinski definition) is 0. The summed E-state index contributed by atoms with van der Waals surface area (Å²) in [6.45, 7) is 3.57. The number of esters is 1. The van der Waals surface area contributed by atoms with E-state index in [4.69, 9.17) is 4.98 Å². The first kappa shape index (κ1) is 21.4. The van der Waals surface area contributed by atoms with Gasteiger partial charge in [0, 0.05) is 24.5 Å². The van der Waals surface area contributed by atoms with Gasteiger partial charge in [-0.2, -0.15) is 4.98 Å². The molecule has 9 nitrogen and oxygen atoms in total. The third-order valence-corrected chi connectivity index (χ3v) is 5.90. The Hall–Kier alpha value is -4.40. The molecule has 34 heavy (non-hydrogen) atoms. The van der Waals surface area contributed by atoms with E-state index in [1.54, 1.807) is 4.40 Å². The van der Waals surface area contributed by atoms with Crippen LogP contribution in [0.2, 0.25) is 0 Å². The van der Waals surface area contributed by atoms with E-state index in [2.05, 4.69) is 10.8 Å². The van der Waals surface area contributed by atoms with Gasteiger partial charge in [0.25, 0.3) is 5.56 Å². The van der Waals surface area contributed by atoms with Crippen LogP contribution in [-0.2, 0) is 23.1 Å². The number of hydrogen-bond acceptors (Lipinski definition) is 5. The molecule has 0 saturated carbocycles. The lowest BCUT2D eigenvalue weighted by Crippen LogP contribution is -2.41. The van der Waals surface area contributed by atoms with Gasteiger partial charge in [0.15, 0.2) is 11.2 Å². The van der Waals surface area contributed by atoms with Crippen LogP contribution in [0.1, 0.15) is 11.1 Å². The van der Waals surface area contributed by atoms with Crippen LogP contribution in [0.15, 0.2) is 64.3 Å². The molecule has 0 bridgehead atoms. The number of nitrogens with zero attached hydrogens (tertiary/aromatic N) is 5. The normalized spacial score (nSPS) is 11.4. The molecule has 0 atom stereocenters. The highest BCUT2D eigenvalue weighted by atomic mass is 16.5. The minimum absolute atomic E-state index is 0.210. The van der Waals surface area contributed by atoms with Crippen LogP contribution in [0, 0.1) is 13.8 Å². The second-order valence-corrected chi connectivity index (χ2v) is 8.32. The number of methoxy groups -OCH3 is 1. The molecular weight excluding hydrogens is 434 g/mol. The lowest BCUT2D eigenvalue weighted by Gasteiger charge is -2.11. The predicted octanol–water partition coefficient (Wildman–Crippen LogP) is 2.60. The first-order valence-electron chi connectivity index (χ1n) is 10.7. The number of ether oxygens (including phenoxy) is 1. The van der Waals surface area contributed by atoms with Crippen LogP contribution in [-0.4, -0.2) is 36.2 Å². The van der Waals surface area contributed by atoms with E-state index in [0.29, 0.717) is 5.78 Å². The molecule has 0 saturated heterocycles. The van der Waals surface area contributed by atoms with Crippen LogP contribution < -0.4 is 11.2 Å². The van der Waals surface area contributed by atoms with E-state index in [1.165, 1.54) is 18.7 Å². The molecule has 0 amide bonds. The van der Waals surface area contributed by atoms with Gasteiger partial charge in [-0.25, -0.2) is 9.36 Å². The number of carbonyl (C=O) groups excluding carboxylic acids is 1. The quantitative estimate of drug-likeness (QED) is 0.387. The molecule has 0 unspecified atom stereocenters. The van der Waals surface area contributed by atoms with Gasteiger partial charge < -0.3 is 4.74 Å². The Morgan fingerprint density at radius 3 is 2.35 bits per heavy atom. The zero-order chi connectivity index (χ0) is 24.1. The summed E-state index contributed by atoms with van der Waals surface area (Å²) >= 11 is 0. The first-order valence-corrected chi connectivity index (χ1v) is 10.7. The summed E-state index contributed by atoms with van der Waals surface area (Å²) in [6, 6.07) is 16.0. The Morgan fingerprint density at radius 1 is 1.03 bits per heavy atom. The standard InChI is InChI=1S/C25H23N5O4/c1-15-10-16(2)12-18(11-15)30-19(17-8-6-5-7-9-17)13-28-21-22(26-24(28)30)27(3)25(33)29(23(21)32)14-20(31)34-4/h5-13H,14H2,1-4H3. The van der Waals surface area contributed by atoms with E-state index in [1.807, 2.05) is 67.1 Å². The van der Waals surface area contributed by atoms with Crippen LogP contribution >= 0.6 is 0 Å². The average Bonchev–Trinajstić information content (AvgIpc) is 3.36. The second-order valence-electron chi connectivity index (χ2n) is 8.32. The second kappa shape index (κ2) is 7.87. The fourth-order valence-electron chi connectivity index (χ4n) is 4.38. The number of imidazole rings is 2. The fourth-order valence-corrected chi connectivity index (χ4v) is 4.38. The maximum atomic E-state index is 13.4. The van der Waals surface area contributed by atoms with Crippen molar-refractivity contribution in [2.45, 2.75) is 20.4 Å². The molecule has 3 aromatic heterocycles. The minimum atomic E-state index is -0.683. The summed E-state index contributed by atoms with van der Waals surface area (Å²) < 4.78 is 10.5. The largest absolute Gasteiger partial charge is 0.468 e. The third kappa shape index (κ3) is 3.24. The molecule has 0 aliphatic heterocycles. The molecule has 172 valence electrons. The van der Waals surface area contributed by atoms with Crippen molar-refractivity contribution in [3.8, 4) is 16.9 Å². The maximum Gasteiger partial charge on any atom is 0.333 e. The first-order chi connectivity index (χ1) is 16.3. The average molecular weight is 457 g/mol. The Labute approximate surface area is 194 Å². The van der Waals surface area contributed by atoms with E-state index in [9.17, 15) is 14.4 Å². The lowest BCUT2D eigenvalue weighted by molar-refractivity contribution is -0.141. The topological polar surface area (TPSA) is 92.5 Å². The molecule has 0 radical (unpaired) electrons. The van der Waals surface area contributed by atoms with Crippen molar-refractivity contribution in [3.63, 3.8) is 0 Å². The Bertz CT molecular complexity index is 1680. The van der Waals surface area contributed by atoms with E-state index < -0.39 is 23.8 Å². The van der Waals surface area contributed by atoms with Gasteiger partial charge in [-0.1, -0.05) is 36.4 Å². The molecule has 0 N–H and O–H groups in total. The molecule has 2 aromatic carbocycles. The Morgan fingerprint density at radius 2 is 1.71 bits per heavy atom. The summed E-state index contributed by atoms with van der Waals surface area (Å²) in [7, 11) is 2.74. The molecule has 5 rings (SSSR count). The van der Waals surface area contributed by atoms with Crippen molar-refractivity contribution in [2.75, 3.05) is 7.11 Å². The van der Waals surface area contributed by atoms with Crippen LogP contribution in [0.5, 0.6) is 0 Å². The lowest BCUT2D eigenvalue weighted by atomic mass is 10.1. The van der Waals surface area contributed by atoms with Gasteiger partial charge in [-0.05, 0) is 37.1 Å². The Kier molecular flexibility index (Phi) is 4.97. The molecule has 0 aliphatic carbocycles. The van der Waals surface area contributed by atoms with Crippen molar-refractivity contribution in [1.82, 2.24) is 23.1 Å². The summed E-state index contributed by atoms with van der Waals surface area (Å²) in [5.41, 5.74) is 4.06. The molecule has 5 aromatic rings. The fraction of sp³-hybridized carbons (Fsp3) is 0.200. The summed E-state index contributed by atoms with van der Waals surface area (Å²) in [5, 5.41) is 0. The van der Waals surface area contributed by atoms with Crippen LogP contribution in [0.4, 0.5) is 0 Å². The van der Waals surface area contributed by atoms with Gasteiger partial charge in [-0.15, -0.1) is 0 Å². The smallest absolute Gasteiger partial charge is 0.333 e. The number of benzene rings is 2. The molecule has 0 spiro atoms. The van der Waals surface area contributed by atoms with Crippen molar-refractivity contribution in [3.05, 3.63) is 86.7 Å².